The molecule has 0 aliphatic heterocycles. The van der Waals surface area contributed by atoms with Crippen LogP contribution in [0.25, 0.3) is 0 Å². The fourth-order valence-electron chi connectivity index (χ4n) is 1.45. The molecule has 0 saturated carbocycles. The van der Waals surface area contributed by atoms with Crippen LogP contribution in [-0.4, -0.2) is 64.7 Å². The minimum absolute atomic E-state index is 0.159. The number of carbonyl (C=O) groups excluding carboxylic acids is 1. The first-order valence-electron chi connectivity index (χ1n) is 6.31. The van der Waals surface area contributed by atoms with E-state index in [0.29, 0.717) is 12.2 Å². The first kappa shape index (κ1) is 16.0. The molecule has 4 N–H and O–H groups in total. The van der Waals surface area contributed by atoms with Crippen molar-refractivity contribution in [3.05, 3.63) is 18.2 Å². The van der Waals surface area contributed by atoms with E-state index in [1.807, 2.05) is 25.9 Å². The van der Waals surface area contributed by atoms with Gasteiger partial charge < -0.3 is 25.6 Å². The van der Waals surface area contributed by atoms with Gasteiger partial charge in [0.15, 0.2) is 0 Å². The Balaban J connectivity index is 2.45. The van der Waals surface area contributed by atoms with Gasteiger partial charge in [-0.1, -0.05) is 0 Å². The van der Waals surface area contributed by atoms with E-state index in [9.17, 15) is 9.59 Å². The summed E-state index contributed by atoms with van der Waals surface area (Å²) in [6.45, 7) is 2.40. The summed E-state index contributed by atoms with van der Waals surface area (Å²) in [5.74, 6) is -1.09. The summed E-state index contributed by atoms with van der Waals surface area (Å²) < 4.78 is 0. The molecule has 1 unspecified atom stereocenters. The second kappa shape index (κ2) is 7.49. The van der Waals surface area contributed by atoms with Crippen molar-refractivity contribution in [2.45, 2.75) is 25.4 Å². The number of hydrogen-bond donors (Lipinski definition) is 4. The SMILES string of the molecule is CC(CNC(=O)N[C@H](Cc1cnc[nH]1)C(=O)O)N(C)C. The number of aromatic amines is 1. The molecule has 1 rings (SSSR count). The fraction of sp³-hybridized carbons (Fsp3) is 0.583. The quantitative estimate of drug-likeness (QED) is 0.547. The van der Waals surface area contributed by atoms with E-state index in [1.54, 1.807) is 0 Å². The van der Waals surface area contributed by atoms with Crippen LogP contribution < -0.4 is 10.6 Å². The van der Waals surface area contributed by atoms with Gasteiger partial charge in [-0.15, -0.1) is 0 Å². The molecule has 0 aromatic carbocycles. The largest absolute Gasteiger partial charge is 0.480 e. The lowest BCUT2D eigenvalue weighted by Crippen LogP contribution is -2.49. The van der Waals surface area contributed by atoms with E-state index in [2.05, 4.69) is 20.6 Å². The zero-order valence-electron chi connectivity index (χ0n) is 11.9. The topological polar surface area (TPSA) is 110 Å². The predicted octanol–water partition coefficient (Wildman–Crippen LogP) is -0.345. The summed E-state index contributed by atoms with van der Waals surface area (Å²) in [4.78, 5) is 31.4. The number of urea groups is 1. The van der Waals surface area contributed by atoms with E-state index in [1.165, 1.54) is 12.5 Å². The molecule has 8 nitrogen and oxygen atoms in total. The molecular formula is C12H21N5O3. The third kappa shape index (κ3) is 5.27. The van der Waals surface area contributed by atoms with Crippen LogP contribution in [0.15, 0.2) is 12.5 Å². The summed E-state index contributed by atoms with van der Waals surface area (Å²) in [6, 6.07) is -1.33. The number of likely N-dealkylation sites (N-methyl/N-ethyl adjacent to an activating group) is 1. The molecule has 0 fully saturated rings. The van der Waals surface area contributed by atoms with Gasteiger partial charge in [0, 0.05) is 30.9 Å². The molecule has 0 aliphatic carbocycles. The molecule has 0 aliphatic rings. The van der Waals surface area contributed by atoms with Crippen LogP contribution in [0.1, 0.15) is 12.6 Å². The van der Waals surface area contributed by atoms with Crippen LogP contribution in [0, 0.1) is 0 Å². The number of aliphatic carboxylic acids is 1. The number of nitrogens with zero attached hydrogens (tertiary/aromatic N) is 2. The normalized spacial score (nSPS) is 13.8. The van der Waals surface area contributed by atoms with Crippen LogP contribution in [0.5, 0.6) is 0 Å². The molecule has 112 valence electrons. The molecule has 0 radical (unpaired) electrons. The maximum atomic E-state index is 11.7. The van der Waals surface area contributed by atoms with Gasteiger partial charge in [-0.25, -0.2) is 14.6 Å². The number of H-pyrrole nitrogens is 1. The number of hydrogen-bond acceptors (Lipinski definition) is 4. The average Bonchev–Trinajstić information content (AvgIpc) is 2.87. The van der Waals surface area contributed by atoms with Gasteiger partial charge in [0.1, 0.15) is 6.04 Å². The average molecular weight is 283 g/mol. The van der Waals surface area contributed by atoms with E-state index in [0.717, 1.165) is 0 Å². The third-order valence-corrected chi connectivity index (χ3v) is 3.02. The Morgan fingerprint density at radius 2 is 2.20 bits per heavy atom. The van der Waals surface area contributed by atoms with E-state index in [4.69, 9.17) is 5.11 Å². The molecule has 1 heterocycles. The van der Waals surface area contributed by atoms with Crippen molar-refractivity contribution in [1.29, 1.82) is 0 Å². The highest BCUT2D eigenvalue weighted by Gasteiger charge is 2.21. The lowest BCUT2D eigenvalue weighted by molar-refractivity contribution is -0.139. The van der Waals surface area contributed by atoms with Gasteiger partial charge in [-0.3, -0.25) is 0 Å². The zero-order chi connectivity index (χ0) is 15.1. The number of aromatic nitrogens is 2. The highest BCUT2D eigenvalue weighted by atomic mass is 16.4. The lowest BCUT2D eigenvalue weighted by Gasteiger charge is -2.21. The summed E-state index contributed by atoms with van der Waals surface area (Å²) in [5.41, 5.74) is 0.652. The predicted molar refractivity (Wildman–Crippen MR) is 73.4 cm³/mol. The maximum absolute atomic E-state index is 11.7. The highest BCUT2D eigenvalue weighted by molar-refractivity contribution is 5.82. The van der Waals surface area contributed by atoms with Crippen LogP contribution >= 0.6 is 0 Å². The summed E-state index contributed by atoms with van der Waals surface area (Å²) in [6.07, 6.45) is 3.16. The highest BCUT2D eigenvalue weighted by Crippen LogP contribution is 1.99. The standard InChI is InChI=1S/C12H21N5O3/c1-8(17(2)3)5-14-12(20)16-10(11(18)19)4-9-6-13-7-15-9/h6-8,10H,4-5H2,1-3H3,(H,13,15)(H,18,19)(H2,14,16,20)/t8?,10-/m1/s1. The Morgan fingerprint density at radius 3 is 2.70 bits per heavy atom. The molecule has 0 bridgehead atoms. The monoisotopic (exact) mass is 283 g/mol. The summed E-state index contributed by atoms with van der Waals surface area (Å²) >= 11 is 0. The number of amides is 2. The van der Waals surface area contributed by atoms with Crippen molar-refractivity contribution in [2.75, 3.05) is 20.6 Å². The Morgan fingerprint density at radius 1 is 1.50 bits per heavy atom. The number of rotatable bonds is 7. The smallest absolute Gasteiger partial charge is 0.326 e. The molecule has 2 amide bonds. The molecule has 20 heavy (non-hydrogen) atoms. The zero-order valence-corrected chi connectivity index (χ0v) is 11.9. The van der Waals surface area contributed by atoms with E-state index < -0.39 is 18.0 Å². The van der Waals surface area contributed by atoms with Crippen molar-refractivity contribution in [3.63, 3.8) is 0 Å². The molecular weight excluding hydrogens is 262 g/mol. The maximum Gasteiger partial charge on any atom is 0.326 e. The molecule has 8 heteroatoms. The molecule has 2 atom stereocenters. The number of carboxylic acid groups (broad SMARTS) is 1. The second-order valence-corrected chi connectivity index (χ2v) is 4.84. The molecule has 1 aromatic heterocycles. The number of nitrogens with one attached hydrogen (secondary N) is 3. The van der Waals surface area contributed by atoms with E-state index in [-0.39, 0.29) is 12.5 Å². The van der Waals surface area contributed by atoms with Crippen molar-refractivity contribution >= 4 is 12.0 Å². The first-order chi connectivity index (χ1) is 9.40. The minimum Gasteiger partial charge on any atom is -0.480 e. The number of carbonyl (C=O) groups is 2. The first-order valence-corrected chi connectivity index (χ1v) is 6.31. The van der Waals surface area contributed by atoms with E-state index >= 15 is 0 Å². The van der Waals surface area contributed by atoms with Gasteiger partial charge in [-0.2, -0.15) is 0 Å². The Bertz CT molecular complexity index is 432. The van der Waals surface area contributed by atoms with Crippen LogP contribution in [0.4, 0.5) is 4.79 Å². The number of carboxylic acids is 1. The summed E-state index contributed by atoms with van der Waals surface area (Å²) in [5, 5.41) is 14.2. The van der Waals surface area contributed by atoms with Crippen molar-refractivity contribution < 1.29 is 14.7 Å². The second-order valence-electron chi connectivity index (χ2n) is 4.84. The van der Waals surface area contributed by atoms with Crippen LogP contribution in [0.3, 0.4) is 0 Å². The van der Waals surface area contributed by atoms with Crippen molar-refractivity contribution in [3.8, 4) is 0 Å². The van der Waals surface area contributed by atoms with Gasteiger partial charge in [0.2, 0.25) is 0 Å². The molecule has 0 spiro atoms. The number of imidazole rings is 1. The lowest BCUT2D eigenvalue weighted by atomic mass is 10.2. The minimum atomic E-state index is -1.09. The van der Waals surface area contributed by atoms with Crippen molar-refractivity contribution in [2.24, 2.45) is 0 Å². The van der Waals surface area contributed by atoms with Crippen molar-refractivity contribution in [1.82, 2.24) is 25.5 Å². The Hall–Kier alpha value is -2.09. The third-order valence-electron chi connectivity index (χ3n) is 3.02. The van der Waals surface area contributed by atoms with Crippen LogP contribution in [-0.2, 0) is 11.2 Å². The Labute approximate surface area is 117 Å². The van der Waals surface area contributed by atoms with Crippen LogP contribution in [0.2, 0.25) is 0 Å². The molecule has 0 saturated heterocycles. The summed E-state index contributed by atoms with van der Waals surface area (Å²) in [7, 11) is 3.81. The van der Waals surface area contributed by atoms with Gasteiger partial charge in [0.05, 0.1) is 6.33 Å². The molecule has 1 aromatic rings. The fourth-order valence-corrected chi connectivity index (χ4v) is 1.45. The Kier molecular flexibility index (Phi) is 5.98. The van der Waals surface area contributed by atoms with Gasteiger partial charge in [-0.05, 0) is 21.0 Å². The van der Waals surface area contributed by atoms with Gasteiger partial charge in [0.25, 0.3) is 0 Å². The van der Waals surface area contributed by atoms with Gasteiger partial charge >= 0.3 is 12.0 Å².